The third-order valence-electron chi connectivity index (χ3n) is 9.46. The minimum absolute atomic E-state index is 0.191. The lowest BCUT2D eigenvalue weighted by Crippen LogP contribution is -2.51. The summed E-state index contributed by atoms with van der Waals surface area (Å²) >= 11 is 0. The minimum Gasteiger partial charge on any atom is -0.273 e. The molecule has 2 saturated carbocycles. The van der Waals surface area contributed by atoms with Crippen LogP contribution in [0.2, 0.25) is 0 Å². The van der Waals surface area contributed by atoms with Crippen LogP contribution >= 0.6 is 0 Å². The predicted molar refractivity (Wildman–Crippen MR) is 188 cm³/mol. The first-order valence-corrected chi connectivity index (χ1v) is 19.6. The Morgan fingerprint density at radius 3 is 1.29 bits per heavy atom. The maximum Gasteiger partial charge on any atom is 0.244 e. The molecule has 0 aliphatic heterocycles. The number of carbonyl (C=O) groups is 2. The number of nitrogens with one attached hydrogen (secondary N) is 2. The summed E-state index contributed by atoms with van der Waals surface area (Å²) in [5.41, 5.74) is 3.35. The second-order valence-electron chi connectivity index (χ2n) is 13.1. The molecule has 2 amide bonds. The molecule has 6 rings (SSSR count). The summed E-state index contributed by atoms with van der Waals surface area (Å²) in [7, 11) is -7.51. The van der Waals surface area contributed by atoms with Gasteiger partial charge >= 0.3 is 0 Å². The van der Waals surface area contributed by atoms with Gasteiger partial charge < -0.3 is 0 Å². The van der Waals surface area contributed by atoms with Crippen molar-refractivity contribution in [2.75, 3.05) is 0 Å². The van der Waals surface area contributed by atoms with Crippen LogP contribution < -0.4 is 9.44 Å². The summed E-state index contributed by atoms with van der Waals surface area (Å²) in [4.78, 5) is 25.4. The SMILES string of the molecule is Cc1ccc(CS(=O)(=O)NC(=O)C2(c3ccc(F)cc3)CCC2)cc1.Cc1ccc(CS(=O)(=O)NC(=O)C2(c3ccccc3)CCC2)cc1. The molecule has 0 radical (unpaired) electrons. The zero-order chi connectivity index (χ0) is 35.3. The van der Waals surface area contributed by atoms with E-state index >= 15 is 0 Å². The van der Waals surface area contributed by atoms with Crippen LogP contribution in [0.15, 0.2) is 103 Å². The fourth-order valence-electron chi connectivity index (χ4n) is 6.24. The third-order valence-corrected chi connectivity index (χ3v) is 11.9. The molecule has 11 heteroatoms. The quantitative estimate of drug-likeness (QED) is 0.201. The molecule has 0 unspecified atom stereocenters. The largest absolute Gasteiger partial charge is 0.273 e. The molecule has 258 valence electrons. The van der Waals surface area contributed by atoms with Crippen molar-refractivity contribution in [2.45, 2.75) is 74.7 Å². The van der Waals surface area contributed by atoms with Gasteiger partial charge in [0, 0.05) is 0 Å². The molecule has 2 aliphatic rings. The number of halogens is 1. The molecule has 4 aromatic rings. The van der Waals surface area contributed by atoms with E-state index in [1.54, 1.807) is 36.4 Å². The van der Waals surface area contributed by atoms with Gasteiger partial charge in [-0.2, -0.15) is 0 Å². The standard InChI is InChI=1S/C19H20FNO3S.C19H21NO3S/c1-14-3-5-15(6-4-14)13-25(23,24)21-18(22)19(11-2-12-19)16-7-9-17(20)10-8-16;1-15-8-10-16(11-9-15)14-24(22,23)20-18(21)19(12-5-13-19)17-6-3-2-4-7-17/h3-10H,2,11-13H2,1H3,(H,21,22);2-4,6-11H,5,12-14H2,1H3,(H,20,21). The van der Waals surface area contributed by atoms with Crippen molar-refractivity contribution < 1.29 is 30.8 Å². The van der Waals surface area contributed by atoms with Gasteiger partial charge in [-0.15, -0.1) is 0 Å². The van der Waals surface area contributed by atoms with Gasteiger partial charge in [0.1, 0.15) is 5.82 Å². The second kappa shape index (κ2) is 14.6. The molecular formula is C38H41FN2O6S2. The molecule has 4 aromatic carbocycles. The van der Waals surface area contributed by atoms with E-state index < -0.39 is 42.7 Å². The van der Waals surface area contributed by atoms with Crippen molar-refractivity contribution in [1.82, 2.24) is 9.44 Å². The van der Waals surface area contributed by atoms with Crippen LogP contribution in [0.3, 0.4) is 0 Å². The monoisotopic (exact) mass is 704 g/mol. The van der Waals surface area contributed by atoms with Crippen molar-refractivity contribution in [2.24, 2.45) is 0 Å². The van der Waals surface area contributed by atoms with Gasteiger partial charge in [0.25, 0.3) is 0 Å². The first kappa shape index (κ1) is 35.9. The lowest BCUT2D eigenvalue weighted by Gasteiger charge is -2.40. The van der Waals surface area contributed by atoms with Crippen molar-refractivity contribution in [3.05, 3.63) is 142 Å². The normalized spacial score (nSPS) is 16.1. The number of aryl methyl sites for hydroxylation is 2. The highest BCUT2D eigenvalue weighted by molar-refractivity contribution is 7.89. The van der Waals surface area contributed by atoms with Crippen LogP contribution in [-0.4, -0.2) is 28.6 Å². The van der Waals surface area contributed by atoms with Crippen molar-refractivity contribution in [3.8, 4) is 0 Å². The molecule has 0 atom stereocenters. The Hall–Kier alpha value is -4.35. The van der Waals surface area contributed by atoms with Gasteiger partial charge in [-0.05, 0) is 73.9 Å². The average Bonchev–Trinajstić information content (AvgIpc) is 2.99. The summed E-state index contributed by atoms with van der Waals surface area (Å²) in [5.74, 6) is -1.77. The second-order valence-corrected chi connectivity index (χ2v) is 16.5. The van der Waals surface area contributed by atoms with Crippen molar-refractivity contribution in [3.63, 3.8) is 0 Å². The van der Waals surface area contributed by atoms with E-state index in [9.17, 15) is 30.8 Å². The first-order valence-electron chi connectivity index (χ1n) is 16.2. The number of rotatable bonds is 10. The maximum absolute atomic E-state index is 13.1. The first-order chi connectivity index (χ1) is 23.2. The van der Waals surface area contributed by atoms with E-state index in [2.05, 4.69) is 9.44 Å². The molecule has 2 N–H and O–H groups in total. The summed E-state index contributed by atoms with van der Waals surface area (Å²) in [6, 6.07) is 29.5. The Labute approximate surface area is 288 Å². The van der Waals surface area contributed by atoms with E-state index in [4.69, 9.17) is 0 Å². The zero-order valence-electron chi connectivity index (χ0n) is 27.6. The third kappa shape index (κ3) is 8.63. The number of amides is 2. The molecule has 0 spiro atoms. The van der Waals surface area contributed by atoms with Gasteiger partial charge in [-0.3, -0.25) is 19.0 Å². The Morgan fingerprint density at radius 2 is 0.939 bits per heavy atom. The maximum atomic E-state index is 13.1. The van der Waals surface area contributed by atoms with Crippen LogP contribution in [0.1, 0.15) is 71.9 Å². The van der Waals surface area contributed by atoms with Gasteiger partial charge in [0.2, 0.25) is 31.9 Å². The topological polar surface area (TPSA) is 126 Å². The molecule has 0 heterocycles. The fraction of sp³-hybridized carbons (Fsp3) is 0.316. The number of benzene rings is 4. The number of hydrogen-bond acceptors (Lipinski definition) is 6. The summed E-state index contributed by atoms with van der Waals surface area (Å²) < 4.78 is 67.2. The molecule has 49 heavy (non-hydrogen) atoms. The van der Waals surface area contributed by atoms with Gasteiger partial charge in [0.15, 0.2) is 0 Å². The van der Waals surface area contributed by atoms with Gasteiger partial charge in [0.05, 0.1) is 22.3 Å². The van der Waals surface area contributed by atoms with Gasteiger partial charge in [-0.1, -0.05) is 115 Å². The molecule has 8 nitrogen and oxygen atoms in total. The van der Waals surface area contributed by atoms with E-state index in [0.29, 0.717) is 42.4 Å². The van der Waals surface area contributed by atoms with Crippen molar-refractivity contribution in [1.29, 1.82) is 0 Å². The van der Waals surface area contributed by atoms with Crippen LogP contribution in [0.5, 0.6) is 0 Å². The highest BCUT2D eigenvalue weighted by Gasteiger charge is 2.47. The summed E-state index contributed by atoms with van der Waals surface area (Å²) in [6.45, 7) is 3.86. The molecule has 0 bridgehead atoms. The fourth-order valence-corrected chi connectivity index (χ4v) is 8.60. The van der Waals surface area contributed by atoms with E-state index in [0.717, 1.165) is 29.5 Å². The zero-order valence-corrected chi connectivity index (χ0v) is 29.2. The van der Waals surface area contributed by atoms with E-state index in [1.165, 1.54) is 12.1 Å². The van der Waals surface area contributed by atoms with Gasteiger partial charge in [-0.25, -0.2) is 21.2 Å². The Bertz CT molecular complexity index is 1990. The van der Waals surface area contributed by atoms with Crippen molar-refractivity contribution >= 4 is 31.9 Å². The number of carbonyl (C=O) groups excluding carboxylic acids is 2. The van der Waals surface area contributed by atoms with Crippen LogP contribution in [0, 0.1) is 19.7 Å². The summed E-state index contributed by atoms with van der Waals surface area (Å²) in [5, 5.41) is 0. The lowest BCUT2D eigenvalue weighted by atomic mass is 9.64. The predicted octanol–water partition coefficient (Wildman–Crippen LogP) is 6.26. The van der Waals surface area contributed by atoms with E-state index in [1.807, 2.05) is 68.4 Å². The number of hydrogen-bond donors (Lipinski definition) is 2. The molecule has 0 aromatic heterocycles. The molecule has 2 aliphatic carbocycles. The Morgan fingerprint density at radius 1 is 0.571 bits per heavy atom. The number of sulfonamides is 2. The Kier molecular flexibility index (Phi) is 10.7. The molecular weight excluding hydrogens is 664 g/mol. The Balaban J connectivity index is 0.000000191. The smallest absolute Gasteiger partial charge is 0.244 e. The molecule has 0 saturated heterocycles. The van der Waals surface area contributed by atoms with Crippen LogP contribution in [0.4, 0.5) is 4.39 Å². The lowest BCUT2D eigenvalue weighted by molar-refractivity contribution is -0.128. The molecule has 2 fully saturated rings. The van der Waals surface area contributed by atoms with E-state index in [-0.39, 0.29) is 17.3 Å². The highest BCUT2D eigenvalue weighted by atomic mass is 32.2. The van der Waals surface area contributed by atoms with Crippen LogP contribution in [-0.2, 0) is 52.0 Å². The van der Waals surface area contributed by atoms with Crippen LogP contribution in [0.25, 0.3) is 0 Å². The summed E-state index contributed by atoms with van der Waals surface area (Å²) in [6.07, 6.45) is 4.25. The minimum atomic E-state index is -3.80. The average molecular weight is 705 g/mol. The highest BCUT2D eigenvalue weighted by Crippen LogP contribution is 2.45.